The summed E-state index contributed by atoms with van der Waals surface area (Å²) in [6, 6.07) is 11.2. The van der Waals surface area contributed by atoms with Crippen LogP contribution >= 0.6 is 22.9 Å². The molecule has 1 saturated heterocycles. The van der Waals surface area contributed by atoms with Crippen molar-refractivity contribution in [2.24, 2.45) is 5.92 Å². The first kappa shape index (κ1) is 18.3. The van der Waals surface area contributed by atoms with Gasteiger partial charge in [-0.05, 0) is 41.8 Å². The number of hydrogen-bond acceptors (Lipinski definition) is 4. The minimum atomic E-state index is -0.226. The first-order chi connectivity index (χ1) is 13.1. The van der Waals surface area contributed by atoms with E-state index >= 15 is 0 Å². The van der Waals surface area contributed by atoms with Gasteiger partial charge in [-0.15, -0.1) is 11.3 Å². The van der Waals surface area contributed by atoms with Crippen LogP contribution in [0.3, 0.4) is 0 Å². The first-order valence-electron chi connectivity index (χ1n) is 9.19. The number of amides is 2. The second-order valence-corrected chi connectivity index (χ2v) is 8.51. The minimum absolute atomic E-state index is 0.194. The number of nitrogens with zero attached hydrogens (tertiary/aromatic N) is 2. The molecule has 2 aliphatic heterocycles. The van der Waals surface area contributed by atoms with E-state index in [9.17, 15) is 9.59 Å². The van der Waals surface area contributed by atoms with E-state index in [0.29, 0.717) is 22.2 Å². The molecule has 2 aromatic rings. The molecule has 0 aliphatic carbocycles. The smallest absolute Gasteiger partial charge is 0.278 e. The number of halogens is 1. The molecule has 4 rings (SSSR count). The van der Waals surface area contributed by atoms with Crippen LogP contribution in [0.2, 0.25) is 5.02 Å². The summed E-state index contributed by atoms with van der Waals surface area (Å²) in [6.45, 7) is 4.05. The van der Waals surface area contributed by atoms with E-state index in [0.717, 1.165) is 36.4 Å². The Bertz CT molecular complexity index is 899. The highest BCUT2D eigenvalue weighted by atomic mass is 35.5. The first-order valence-corrected chi connectivity index (χ1v) is 10.4. The van der Waals surface area contributed by atoms with Crippen molar-refractivity contribution < 1.29 is 9.59 Å². The third-order valence-corrected chi connectivity index (χ3v) is 6.55. The summed E-state index contributed by atoms with van der Waals surface area (Å²) < 4.78 is 0. The van der Waals surface area contributed by atoms with Gasteiger partial charge in [-0.1, -0.05) is 42.8 Å². The van der Waals surface area contributed by atoms with Gasteiger partial charge in [0, 0.05) is 23.0 Å². The number of thiophene rings is 1. The van der Waals surface area contributed by atoms with Gasteiger partial charge in [0.15, 0.2) is 0 Å². The van der Waals surface area contributed by atoms with Crippen molar-refractivity contribution in [3.8, 4) is 0 Å². The topological polar surface area (TPSA) is 40.6 Å². The lowest BCUT2D eigenvalue weighted by atomic mass is 9.98. The summed E-state index contributed by atoms with van der Waals surface area (Å²) in [5, 5.41) is 2.50. The molecule has 0 saturated carbocycles. The lowest BCUT2D eigenvalue weighted by Gasteiger charge is -2.32. The molecule has 140 valence electrons. The Morgan fingerprint density at radius 2 is 1.81 bits per heavy atom. The summed E-state index contributed by atoms with van der Waals surface area (Å²) in [5.74, 6) is 0.215. The maximum atomic E-state index is 13.3. The van der Waals surface area contributed by atoms with Crippen molar-refractivity contribution >= 4 is 40.3 Å². The fourth-order valence-corrected chi connectivity index (χ4v) is 4.63. The van der Waals surface area contributed by atoms with E-state index in [-0.39, 0.29) is 18.4 Å². The van der Waals surface area contributed by atoms with Crippen molar-refractivity contribution in [1.82, 2.24) is 9.80 Å². The van der Waals surface area contributed by atoms with Crippen LogP contribution < -0.4 is 0 Å². The van der Waals surface area contributed by atoms with Gasteiger partial charge in [-0.25, -0.2) is 0 Å². The Balaban J connectivity index is 1.70. The second kappa shape index (κ2) is 7.49. The number of benzene rings is 1. The van der Waals surface area contributed by atoms with Crippen LogP contribution in [-0.4, -0.2) is 34.7 Å². The SMILES string of the molecule is CC1CCN(C2=C(c3cccs3)C(=O)N(Cc3ccccc3Cl)C2=O)CC1. The summed E-state index contributed by atoms with van der Waals surface area (Å²) in [7, 11) is 0. The molecule has 27 heavy (non-hydrogen) atoms. The zero-order valence-corrected chi connectivity index (χ0v) is 16.7. The number of imide groups is 1. The van der Waals surface area contributed by atoms with E-state index in [1.807, 2.05) is 35.7 Å². The van der Waals surface area contributed by atoms with Crippen LogP contribution in [0, 0.1) is 5.92 Å². The highest BCUT2D eigenvalue weighted by molar-refractivity contribution is 7.11. The molecule has 0 unspecified atom stereocenters. The molecule has 1 aromatic carbocycles. The Kier molecular flexibility index (Phi) is 5.06. The lowest BCUT2D eigenvalue weighted by molar-refractivity contribution is -0.138. The fourth-order valence-electron chi connectivity index (χ4n) is 3.67. The van der Waals surface area contributed by atoms with Crippen LogP contribution in [0.1, 0.15) is 30.2 Å². The average molecular weight is 401 g/mol. The molecule has 3 heterocycles. The van der Waals surface area contributed by atoms with Crippen LogP contribution in [-0.2, 0) is 16.1 Å². The van der Waals surface area contributed by atoms with E-state index in [1.165, 1.54) is 16.2 Å². The summed E-state index contributed by atoms with van der Waals surface area (Å²) in [6.07, 6.45) is 2.07. The molecular weight excluding hydrogens is 380 g/mol. The zero-order chi connectivity index (χ0) is 19.0. The molecule has 0 radical (unpaired) electrons. The molecule has 0 spiro atoms. The molecule has 4 nitrogen and oxygen atoms in total. The predicted octanol–water partition coefficient (Wildman–Crippen LogP) is 4.41. The van der Waals surface area contributed by atoms with Gasteiger partial charge < -0.3 is 4.90 Å². The molecule has 1 aromatic heterocycles. The van der Waals surface area contributed by atoms with Gasteiger partial charge in [-0.3, -0.25) is 14.5 Å². The molecular formula is C21H21ClN2O2S. The minimum Gasteiger partial charge on any atom is -0.366 e. The maximum Gasteiger partial charge on any atom is 0.278 e. The largest absolute Gasteiger partial charge is 0.366 e. The summed E-state index contributed by atoms with van der Waals surface area (Å²) in [5.41, 5.74) is 1.87. The average Bonchev–Trinajstić information content (AvgIpc) is 3.26. The van der Waals surface area contributed by atoms with Crippen molar-refractivity contribution in [2.45, 2.75) is 26.3 Å². The van der Waals surface area contributed by atoms with E-state index in [1.54, 1.807) is 6.07 Å². The Hall–Kier alpha value is -2.11. The summed E-state index contributed by atoms with van der Waals surface area (Å²) >= 11 is 7.76. The number of carbonyl (C=O) groups is 2. The van der Waals surface area contributed by atoms with Crippen LogP contribution in [0.5, 0.6) is 0 Å². The monoisotopic (exact) mass is 400 g/mol. The lowest BCUT2D eigenvalue weighted by Crippen LogP contribution is -2.38. The molecule has 1 fully saturated rings. The van der Waals surface area contributed by atoms with Gasteiger partial charge in [-0.2, -0.15) is 0 Å². The van der Waals surface area contributed by atoms with Crippen molar-refractivity contribution in [3.63, 3.8) is 0 Å². The standard InChI is InChI=1S/C21H21ClN2O2S/c1-14-8-10-23(11-9-14)19-18(17-7-4-12-27-17)20(25)24(21(19)26)13-15-5-2-3-6-16(15)22/h2-7,12,14H,8-11,13H2,1H3. The third kappa shape index (κ3) is 3.42. The van der Waals surface area contributed by atoms with Crippen LogP contribution in [0.15, 0.2) is 47.5 Å². The van der Waals surface area contributed by atoms with Crippen molar-refractivity contribution in [1.29, 1.82) is 0 Å². The number of rotatable bonds is 4. The normalized spacial score (nSPS) is 18.7. The molecule has 6 heteroatoms. The fraction of sp³-hybridized carbons (Fsp3) is 0.333. The van der Waals surface area contributed by atoms with Gasteiger partial charge in [0.05, 0.1) is 12.1 Å². The van der Waals surface area contributed by atoms with Crippen LogP contribution in [0.4, 0.5) is 0 Å². The molecule has 0 atom stereocenters. The Morgan fingerprint density at radius 3 is 2.48 bits per heavy atom. The van der Waals surface area contributed by atoms with Crippen LogP contribution in [0.25, 0.3) is 5.57 Å². The highest BCUT2D eigenvalue weighted by Gasteiger charge is 2.42. The number of carbonyl (C=O) groups excluding carboxylic acids is 2. The van der Waals surface area contributed by atoms with E-state index < -0.39 is 0 Å². The van der Waals surface area contributed by atoms with Gasteiger partial charge in [0.2, 0.25) is 0 Å². The molecule has 0 N–H and O–H groups in total. The summed E-state index contributed by atoms with van der Waals surface area (Å²) in [4.78, 5) is 30.8. The quantitative estimate of drug-likeness (QED) is 0.713. The van der Waals surface area contributed by atoms with E-state index in [4.69, 9.17) is 11.6 Å². The third-order valence-electron chi connectivity index (χ3n) is 5.30. The maximum absolute atomic E-state index is 13.3. The highest BCUT2D eigenvalue weighted by Crippen LogP contribution is 2.36. The zero-order valence-electron chi connectivity index (χ0n) is 15.2. The van der Waals surface area contributed by atoms with Gasteiger partial charge in [0.25, 0.3) is 11.8 Å². The van der Waals surface area contributed by atoms with E-state index in [2.05, 4.69) is 11.8 Å². The molecule has 2 amide bonds. The van der Waals surface area contributed by atoms with Crippen molar-refractivity contribution in [2.75, 3.05) is 13.1 Å². The Morgan fingerprint density at radius 1 is 1.07 bits per heavy atom. The number of hydrogen-bond donors (Lipinski definition) is 0. The van der Waals surface area contributed by atoms with Gasteiger partial charge >= 0.3 is 0 Å². The number of likely N-dealkylation sites (tertiary alicyclic amines) is 1. The second-order valence-electron chi connectivity index (χ2n) is 7.16. The predicted molar refractivity (Wildman–Crippen MR) is 108 cm³/mol. The van der Waals surface area contributed by atoms with Gasteiger partial charge in [0.1, 0.15) is 5.70 Å². The Labute approximate surface area is 168 Å². The van der Waals surface area contributed by atoms with Crippen molar-refractivity contribution in [3.05, 3.63) is 62.9 Å². The number of piperidine rings is 1. The molecule has 0 bridgehead atoms. The molecule has 2 aliphatic rings.